The van der Waals surface area contributed by atoms with Gasteiger partial charge in [-0.2, -0.15) is 0 Å². The maximum Gasteiger partial charge on any atom is 0.141 e. The zero-order valence-electron chi connectivity index (χ0n) is 9.53. The Morgan fingerprint density at radius 1 is 1.22 bits per heavy atom. The molecule has 0 saturated carbocycles. The molecule has 0 saturated heterocycles. The van der Waals surface area contributed by atoms with E-state index >= 15 is 0 Å². The van der Waals surface area contributed by atoms with Crippen molar-refractivity contribution < 1.29 is 9.50 Å². The van der Waals surface area contributed by atoms with Crippen LogP contribution in [-0.2, 0) is 13.1 Å². The van der Waals surface area contributed by atoms with Crippen molar-refractivity contribution in [2.75, 3.05) is 0 Å². The van der Waals surface area contributed by atoms with Crippen LogP contribution in [0.4, 0.5) is 4.39 Å². The minimum absolute atomic E-state index is 0.122. The molecule has 94 valence electrons. The number of hydrogen-bond donors (Lipinski definition) is 2. The third-order valence-electron chi connectivity index (χ3n) is 2.43. The zero-order chi connectivity index (χ0) is 13.0. The van der Waals surface area contributed by atoms with Crippen LogP contribution in [0, 0.1) is 5.82 Å². The Bertz CT molecular complexity index is 531. The largest absolute Gasteiger partial charge is 0.506 e. The Hall–Kier alpha value is -1.65. The maximum atomic E-state index is 12.9. The lowest BCUT2D eigenvalue weighted by atomic mass is 10.2. The second kappa shape index (κ2) is 5.80. The van der Waals surface area contributed by atoms with E-state index < -0.39 is 5.82 Å². The van der Waals surface area contributed by atoms with Crippen LogP contribution < -0.4 is 5.32 Å². The molecule has 1 aromatic heterocycles. The van der Waals surface area contributed by atoms with Crippen LogP contribution >= 0.6 is 11.6 Å². The predicted octanol–water partition coefficient (Wildman–Crippen LogP) is 2.87. The Kier molecular flexibility index (Phi) is 4.12. The molecule has 0 radical (unpaired) electrons. The van der Waals surface area contributed by atoms with Crippen molar-refractivity contribution in [1.29, 1.82) is 0 Å². The van der Waals surface area contributed by atoms with Crippen LogP contribution in [-0.4, -0.2) is 10.1 Å². The minimum atomic E-state index is -0.416. The van der Waals surface area contributed by atoms with E-state index in [4.69, 9.17) is 16.7 Å². The van der Waals surface area contributed by atoms with Gasteiger partial charge in [0.1, 0.15) is 11.6 Å². The lowest BCUT2D eigenvalue weighted by Crippen LogP contribution is -2.13. The summed E-state index contributed by atoms with van der Waals surface area (Å²) in [7, 11) is 0. The first-order valence-electron chi connectivity index (χ1n) is 5.43. The molecule has 3 nitrogen and oxygen atoms in total. The Morgan fingerprint density at radius 3 is 2.72 bits per heavy atom. The van der Waals surface area contributed by atoms with Crippen LogP contribution in [0.5, 0.6) is 5.75 Å². The molecule has 0 aliphatic heterocycles. The van der Waals surface area contributed by atoms with Crippen molar-refractivity contribution in [1.82, 2.24) is 10.3 Å². The molecular weight excluding hydrogens is 255 g/mol. The predicted molar refractivity (Wildman–Crippen MR) is 67.9 cm³/mol. The monoisotopic (exact) mass is 266 g/mol. The highest BCUT2D eigenvalue weighted by atomic mass is 35.5. The van der Waals surface area contributed by atoms with E-state index in [0.29, 0.717) is 13.1 Å². The van der Waals surface area contributed by atoms with Gasteiger partial charge in [0.15, 0.2) is 0 Å². The number of nitrogens with one attached hydrogen (secondary N) is 1. The Labute approximate surface area is 109 Å². The fourth-order valence-electron chi connectivity index (χ4n) is 1.51. The molecule has 0 unspecified atom stereocenters. The molecule has 2 N–H and O–H groups in total. The summed E-state index contributed by atoms with van der Waals surface area (Å²) in [4.78, 5) is 4.04. The van der Waals surface area contributed by atoms with Crippen LogP contribution in [0.1, 0.15) is 11.3 Å². The van der Waals surface area contributed by atoms with Crippen LogP contribution in [0.25, 0.3) is 0 Å². The van der Waals surface area contributed by atoms with E-state index in [0.717, 1.165) is 11.3 Å². The van der Waals surface area contributed by atoms with Gasteiger partial charge in [-0.1, -0.05) is 17.7 Å². The third kappa shape index (κ3) is 3.42. The van der Waals surface area contributed by atoms with Gasteiger partial charge in [0.2, 0.25) is 0 Å². The smallest absolute Gasteiger partial charge is 0.141 e. The van der Waals surface area contributed by atoms with Crippen molar-refractivity contribution in [2.24, 2.45) is 0 Å². The number of rotatable bonds is 4. The van der Waals surface area contributed by atoms with Crippen LogP contribution in [0.3, 0.4) is 0 Å². The van der Waals surface area contributed by atoms with Gasteiger partial charge in [-0.3, -0.25) is 4.98 Å². The van der Waals surface area contributed by atoms with E-state index in [2.05, 4.69) is 10.3 Å². The molecule has 0 amide bonds. The van der Waals surface area contributed by atoms with E-state index in [9.17, 15) is 4.39 Å². The number of pyridine rings is 1. The number of nitrogens with zero attached hydrogens (tertiary/aromatic N) is 1. The van der Waals surface area contributed by atoms with Crippen molar-refractivity contribution in [3.8, 4) is 5.75 Å². The van der Waals surface area contributed by atoms with Gasteiger partial charge in [0.05, 0.1) is 16.9 Å². The highest BCUT2D eigenvalue weighted by Crippen LogP contribution is 2.15. The number of aromatic nitrogens is 1. The van der Waals surface area contributed by atoms with Crippen molar-refractivity contribution in [3.63, 3.8) is 0 Å². The van der Waals surface area contributed by atoms with E-state index in [1.165, 1.54) is 12.3 Å². The van der Waals surface area contributed by atoms with E-state index in [-0.39, 0.29) is 10.8 Å². The standard InChI is InChI=1S/C13H12ClFN2O/c14-12-5-9(1-4-13(12)15)6-16-7-10-2-3-11(18)8-17-10/h1-5,8,16,18H,6-7H2. The SMILES string of the molecule is Oc1ccc(CNCc2ccc(F)c(Cl)c2)nc1. The summed E-state index contributed by atoms with van der Waals surface area (Å²) in [6.07, 6.45) is 1.39. The quantitative estimate of drug-likeness (QED) is 0.894. The number of hydrogen-bond acceptors (Lipinski definition) is 3. The average Bonchev–Trinajstić information content (AvgIpc) is 2.36. The van der Waals surface area contributed by atoms with Crippen LogP contribution in [0.2, 0.25) is 5.02 Å². The fourth-order valence-corrected chi connectivity index (χ4v) is 1.71. The molecule has 5 heteroatoms. The summed E-state index contributed by atoms with van der Waals surface area (Å²) in [5.74, 6) is -0.273. The van der Waals surface area contributed by atoms with Gasteiger partial charge < -0.3 is 10.4 Å². The molecule has 0 aliphatic rings. The molecule has 18 heavy (non-hydrogen) atoms. The Balaban J connectivity index is 1.88. The second-order valence-electron chi connectivity index (χ2n) is 3.86. The lowest BCUT2D eigenvalue weighted by molar-refractivity contribution is 0.471. The molecule has 0 aliphatic carbocycles. The van der Waals surface area contributed by atoms with E-state index in [1.807, 2.05) is 0 Å². The molecule has 0 fully saturated rings. The van der Waals surface area contributed by atoms with Gasteiger partial charge >= 0.3 is 0 Å². The lowest BCUT2D eigenvalue weighted by Gasteiger charge is -2.05. The van der Waals surface area contributed by atoms with E-state index in [1.54, 1.807) is 24.3 Å². The highest BCUT2D eigenvalue weighted by Gasteiger charge is 2.01. The van der Waals surface area contributed by atoms with Gasteiger partial charge in [-0.25, -0.2) is 4.39 Å². The molecule has 0 spiro atoms. The summed E-state index contributed by atoms with van der Waals surface area (Å²) in [6.45, 7) is 1.14. The summed E-state index contributed by atoms with van der Waals surface area (Å²) in [5, 5.41) is 12.4. The second-order valence-corrected chi connectivity index (χ2v) is 4.27. The maximum absolute atomic E-state index is 12.9. The first-order valence-corrected chi connectivity index (χ1v) is 5.81. The van der Waals surface area contributed by atoms with Gasteiger partial charge in [0.25, 0.3) is 0 Å². The summed E-state index contributed by atoms with van der Waals surface area (Å²) >= 11 is 5.68. The fraction of sp³-hybridized carbons (Fsp3) is 0.154. The topological polar surface area (TPSA) is 45.1 Å². The van der Waals surface area contributed by atoms with Crippen molar-refractivity contribution >= 4 is 11.6 Å². The third-order valence-corrected chi connectivity index (χ3v) is 2.72. The summed E-state index contributed by atoms with van der Waals surface area (Å²) < 4.78 is 12.9. The normalized spacial score (nSPS) is 10.6. The first-order chi connectivity index (χ1) is 8.65. The minimum Gasteiger partial charge on any atom is -0.506 e. The molecule has 2 rings (SSSR count). The van der Waals surface area contributed by atoms with Gasteiger partial charge in [-0.05, 0) is 29.8 Å². The molecule has 1 aromatic carbocycles. The zero-order valence-corrected chi connectivity index (χ0v) is 10.3. The summed E-state index contributed by atoms with van der Waals surface area (Å²) in [6, 6.07) is 7.93. The first kappa shape index (κ1) is 12.8. The molecule has 0 atom stereocenters. The number of benzene rings is 1. The van der Waals surface area contributed by atoms with Crippen LogP contribution in [0.15, 0.2) is 36.5 Å². The highest BCUT2D eigenvalue weighted by molar-refractivity contribution is 6.30. The molecule has 1 heterocycles. The number of aromatic hydroxyl groups is 1. The van der Waals surface area contributed by atoms with Gasteiger partial charge in [0, 0.05) is 13.1 Å². The van der Waals surface area contributed by atoms with Crippen molar-refractivity contribution in [3.05, 3.63) is 58.6 Å². The number of halogens is 2. The van der Waals surface area contributed by atoms with Gasteiger partial charge in [-0.15, -0.1) is 0 Å². The molecular formula is C13H12ClFN2O. The summed E-state index contributed by atoms with van der Waals surface area (Å²) in [5.41, 5.74) is 1.72. The van der Waals surface area contributed by atoms with Crippen molar-refractivity contribution in [2.45, 2.75) is 13.1 Å². The average molecular weight is 267 g/mol. The molecule has 0 bridgehead atoms. The Morgan fingerprint density at radius 2 is 2.06 bits per heavy atom. The molecule has 2 aromatic rings.